The summed E-state index contributed by atoms with van der Waals surface area (Å²) in [4.78, 5) is 51.2. The summed E-state index contributed by atoms with van der Waals surface area (Å²) >= 11 is 0. The van der Waals surface area contributed by atoms with E-state index in [1.54, 1.807) is 0 Å². The zero-order valence-electron chi connectivity index (χ0n) is 60.1. The Bertz CT molecular complexity index is 2970. The van der Waals surface area contributed by atoms with Crippen LogP contribution in [0.5, 0.6) is 0 Å². The number of rotatable bonds is 29. The molecule has 9 aliphatic heterocycles. The number of aliphatic hydroxyl groups is 25. The molecule has 45 unspecified atom stereocenters. The van der Waals surface area contributed by atoms with Gasteiger partial charge in [0.15, 0.2) is 56.6 Å². The Morgan fingerprint density at radius 1 is 0.232 bits per heavy atom. The van der Waals surface area contributed by atoms with Crippen LogP contribution in [0.15, 0.2) is 0 Å². The fourth-order valence-corrected chi connectivity index (χ4v) is 14.4. The van der Waals surface area contributed by atoms with Gasteiger partial charge in [-0.3, -0.25) is 19.2 Å². The van der Waals surface area contributed by atoms with Crippen molar-refractivity contribution in [2.45, 2.75) is 304 Å². The molecule has 0 bridgehead atoms. The molecule has 0 radical (unpaired) electrons. The van der Waals surface area contributed by atoms with Gasteiger partial charge in [-0.1, -0.05) is 0 Å². The van der Waals surface area contributed by atoms with Gasteiger partial charge in [0.1, 0.15) is 219 Å². The fraction of sp³-hybridized carbons (Fsp3) is 0.935. The van der Waals surface area contributed by atoms with Gasteiger partial charge in [0.25, 0.3) is 0 Å². The van der Waals surface area contributed by atoms with Crippen molar-refractivity contribution in [2.24, 2.45) is 0 Å². The molecule has 112 heavy (non-hydrogen) atoms. The highest BCUT2D eigenvalue weighted by atomic mass is 16.8. The molecule has 9 heterocycles. The monoisotopic (exact) mass is 1640 g/mol. The molecule has 9 saturated heterocycles. The summed E-state index contributed by atoms with van der Waals surface area (Å²) < 4.78 is 101. The third-order valence-electron chi connectivity index (χ3n) is 20.4. The van der Waals surface area contributed by atoms with Crippen molar-refractivity contribution in [3.8, 4) is 0 Å². The molecule has 45 atom stereocenters. The van der Waals surface area contributed by atoms with E-state index in [2.05, 4.69) is 21.3 Å². The fourth-order valence-electron chi connectivity index (χ4n) is 14.4. The molecule has 0 aliphatic carbocycles. The predicted octanol–water partition coefficient (Wildman–Crippen LogP) is -20.1. The van der Waals surface area contributed by atoms with E-state index in [1.165, 1.54) is 0 Å². The van der Waals surface area contributed by atoms with Crippen molar-refractivity contribution >= 4 is 23.6 Å². The molecule has 648 valence electrons. The van der Waals surface area contributed by atoms with Crippen LogP contribution in [0, 0.1) is 0 Å². The highest BCUT2D eigenvalue weighted by Gasteiger charge is 2.61. The van der Waals surface area contributed by atoms with Crippen molar-refractivity contribution in [3.63, 3.8) is 0 Å². The Kier molecular flexibility index (Phi) is 33.1. The summed E-state index contributed by atoms with van der Waals surface area (Å²) in [6.45, 7) is -6.12. The zero-order chi connectivity index (χ0) is 82.5. The maximum atomic E-state index is 13.1. The van der Waals surface area contributed by atoms with Crippen LogP contribution in [0.4, 0.5) is 0 Å². The average molecular weight is 1640 g/mol. The maximum Gasteiger partial charge on any atom is 0.217 e. The molecule has 50 heteroatoms. The SMILES string of the molecule is CC(=O)NC1C(O)OC(CO)C(OC2OC(CO)C(OC3OC(COC4OC(CO)C(O)C(O)C4OC4OC(CO)C(O)C(OC5OC(CO)C(O)C(O)C5O)C4NC(C)=O)C(O)C(OC4OC(CO)C(O)C(O)C4OC4OC(CO)C(O)C(OC5OC(CO)C(O)C(O)C5O)C4NC(C)=O)C3O)C(O)C2NC(C)=O)C1O. The van der Waals surface area contributed by atoms with Gasteiger partial charge in [-0.05, 0) is 0 Å². The van der Waals surface area contributed by atoms with Crippen molar-refractivity contribution in [1.29, 1.82) is 0 Å². The van der Waals surface area contributed by atoms with Gasteiger partial charge < -0.3 is 229 Å². The van der Waals surface area contributed by atoms with E-state index < -0.39 is 359 Å². The minimum Gasteiger partial charge on any atom is -0.394 e. The Balaban J connectivity index is 1.08. The molecule has 4 amide bonds. The van der Waals surface area contributed by atoms with E-state index >= 15 is 0 Å². The molecule has 9 rings (SSSR count). The van der Waals surface area contributed by atoms with Gasteiger partial charge in [0.2, 0.25) is 23.6 Å². The molecule has 29 N–H and O–H groups in total. The number of hydrogen-bond acceptors (Lipinski definition) is 46. The first-order valence-electron chi connectivity index (χ1n) is 35.6. The van der Waals surface area contributed by atoms with Crippen LogP contribution in [-0.2, 0) is 99.7 Å². The lowest BCUT2D eigenvalue weighted by atomic mass is 9.93. The Morgan fingerprint density at radius 2 is 0.500 bits per heavy atom. The van der Waals surface area contributed by atoms with E-state index in [9.17, 15) is 147 Å². The lowest BCUT2D eigenvalue weighted by molar-refractivity contribution is -0.399. The van der Waals surface area contributed by atoms with Gasteiger partial charge in [-0.2, -0.15) is 0 Å². The molecular formula is C62H104N4O46. The van der Waals surface area contributed by atoms with Crippen LogP contribution in [-0.4, -0.2) is 487 Å². The van der Waals surface area contributed by atoms with Crippen LogP contribution in [0.3, 0.4) is 0 Å². The third kappa shape index (κ3) is 20.2. The van der Waals surface area contributed by atoms with E-state index in [-0.39, 0.29) is 0 Å². The van der Waals surface area contributed by atoms with Crippen LogP contribution in [0.1, 0.15) is 27.7 Å². The molecule has 0 aromatic rings. The lowest BCUT2D eigenvalue weighted by Gasteiger charge is -2.51. The van der Waals surface area contributed by atoms with Crippen LogP contribution >= 0.6 is 0 Å². The third-order valence-corrected chi connectivity index (χ3v) is 20.4. The predicted molar refractivity (Wildman–Crippen MR) is 343 cm³/mol. The van der Waals surface area contributed by atoms with Gasteiger partial charge >= 0.3 is 0 Å². The largest absolute Gasteiger partial charge is 0.394 e. The lowest BCUT2D eigenvalue weighted by Crippen LogP contribution is -2.71. The number of nitrogens with one attached hydrogen (secondary N) is 4. The smallest absolute Gasteiger partial charge is 0.217 e. The van der Waals surface area contributed by atoms with Crippen molar-refractivity contribution in [2.75, 3.05) is 59.5 Å². The van der Waals surface area contributed by atoms with Crippen LogP contribution < -0.4 is 21.3 Å². The summed E-state index contributed by atoms with van der Waals surface area (Å²) in [5.41, 5.74) is 0. The number of amides is 4. The molecular weight excluding hydrogens is 1540 g/mol. The summed E-state index contributed by atoms with van der Waals surface area (Å²) in [5.74, 6) is -3.65. The minimum absolute atomic E-state index is 0.790. The van der Waals surface area contributed by atoms with Crippen molar-refractivity contribution in [1.82, 2.24) is 21.3 Å². The molecule has 9 fully saturated rings. The Hall–Kier alpha value is -3.80. The second kappa shape index (κ2) is 40.3. The highest BCUT2D eigenvalue weighted by molar-refractivity contribution is 5.74. The number of hydrogen-bond donors (Lipinski definition) is 29. The maximum absolute atomic E-state index is 13.1. The highest BCUT2D eigenvalue weighted by Crippen LogP contribution is 2.40. The van der Waals surface area contributed by atoms with Gasteiger partial charge in [-0.25, -0.2) is 0 Å². The first-order chi connectivity index (χ1) is 53.0. The van der Waals surface area contributed by atoms with Crippen molar-refractivity contribution in [3.05, 3.63) is 0 Å². The first kappa shape index (κ1) is 92.1. The summed E-state index contributed by atoms with van der Waals surface area (Å²) in [6.07, 6.45) is -86.1. The Morgan fingerprint density at radius 3 is 0.920 bits per heavy atom. The summed E-state index contributed by atoms with van der Waals surface area (Å²) in [6, 6.07) is -7.43. The quantitative estimate of drug-likeness (QED) is 0.0331. The van der Waals surface area contributed by atoms with Gasteiger partial charge in [0, 0.05) is 27.7 Å². The number of aliphatic hydroxyl groups excluding tert-OH is 25. The van der Waals surface area contributed by atoms with E-state index in [1.807, 2.05) is 0 Å². The summed E-state index contributed by atoms with van der Waals surface area (Å²) in [5, 5.41) is 287. The standard InChI is InChI=1S/C62H104N4O46/c1-14(75)63-27-38(86)47(24(11-73)97-54(27)95)106-55-28(64-15(2)76)39(87)48(25(12-74)104-55)107-60-46(94)51(110-62-53(43(91)34(82)21(8-70)103-62)112-57-30(66-17(4)78)50(36(84)23(10-72)99-57)109-59-45(93)41(89)32(80)19(6-68)101-59)37(85)26(105-60)13-96-61-52(42(90)33(81)20(7-69)102-61)111-56-29(65-16(3)77)49(35(83)22(9-71)98-56)108-58-44(92)40(88)31(79)18(5-67)100-58/h18-62,67-74,79-95H,5-13H2,1-4H3,(H,63,75)(H,64,76)(H,65,77)(H,66,78). The average Bonchev–Trinajstić information content (AvgIpc) is 0.810. The minimum atomic E-state index is -2.59. The number of carbonyl (C=O) groups is 4. The van der Waals surface area contributed by atoms with E-state index in [0.29, 0.717) is 0 Å². The molecule has 50 nitrogen and oxygen atoms in total. The first-order valence-corrected chi connectivity index (χ1v) is 35.6. The van der Waals surface area contributed by atoms with Crippen LogP contribution in [0.2, 0.25) is 0 Å². The molecule has 9 aliphatic rings. The van der Waals surface area contributed by atoms with Crippen LogP contribution in [0.25, 0.3) is 0 Å². The molecule has 0 aromatic carbocycles. The summed E-state index contributed by atoms with van der Waals surface area (Å²) in [7, 11) is 0. The molecule has 0 spiro atoms. The van der Waals surface area contributed by atoms with Gasteiger partial charge in [-0.15, -0.1) is 0 Å². The normalized spacial score (nSPS) is 48.9. The Labute approximate surface area is 634 Å². The molecule has 0 aromatic heterocycles. The van der Waals surface area contributed by atoms with Crippen molar-refractivity contribution < 1.29 is 227 Å². The second-order valence-corrected chi connectivity index (χ2v) is 28.2. The topological polar surface area (TPSA) is 779 Å². The van der Waals surface area contributed by atoms with E-state index in [0.717, 1.165) is 27.7 Å². The zero-order valence-corrected chi connectivity index (χ0v) is 60.1. The van der Waals surface area contributed by atoms with E-state index in [4.69, 9.17) is 80.5 Å². The number of ether oxygens (including phenoxy) is 17. The molecule has 0 saturated carbocycles. The second-order valence-electron chi connectivity index (χ2n) is 28.2. The number of carbonyl (C=O) groups excluding carboxylic acids is 4. The van der Waals surface area contributed by atoms with Gasteiger partial charge in [0.05, 0.1) is 59.5 Å².